The van der Waals surface area contributed by atoms with Gasteiger partial charge in [-0.3, -0.25) is 19.3 Å². The van der Waals surface area contributed by atoms with Crippen molar-refractivity contribution < 1.29 is 19.2 Å². The summed E-state index contributed by atoms with van der Waals surface area (Å²) in [6.07, 6.45) is 7.56. The molecule has 1 saturated heterocycles. The molecule has 7 nitrogen and oxygen atoms in total. The second-order valence-corrected chi connectivity index (χ2v) is 8.36. The Hall–Kier alpha value is -3.74. The van der Waals surface area contributed by atoms with E-state index >= 15 is 0 Å². The second kappa shape index (κ2) is 10.3. The van der Waals surface area contributed by atoms with Crippen LogP contribution < -0.4 is 5.32 Å². The van der Waals surface area contributed by atoms with E-state index < -0.39 is 30.3 Å². The molecule has 170 valence electrons. The molecular weight excluding hydrogens is 418 g/mol. The molecule has 1 N–H and O–H groups in total. The highest BCUT2D eigenvalue weighted by molar-refractivity contribution is 6.45. The Labute approximate surface area is 193 Å². The topological polar surface area (TPSA) is 86.8 Å². The van der Waals surface area contributed by atoms with Gasteiger partial charge in [-0.2, -0.15) is 0 Å². The van der Waals surface area contributed by atoms with Crippen molar-refractivity contribution in [1.82, 2.24) is 9.80 Å². The lowest BCUT2D eigenvalue weighted by molar-refractivity contribution is -0.143. The summed E-state index contributed by atoms with van der Waals surface area (Å²) in [5, 5.41) is 2.79. The summed E-state index contributed by atoms with van der Waals surface area (Å²) in [5.41, 5.74) is 3.83. The number of para-hydroxylation sites is 1. The van der Waals surface area contributed by atoms with Crippen LogP contribution in [0.15, 0.2) is 66.2 Å². The number of benzene rings is 2. The van der Waals surface area contributed by atoms with Crippen LogP contribution in [-0.4, -0.2) is 46.6 Å². The molecule has 1 fully saturated rings. The normalized spacial score (nSPS) is 16.2. The summed E-state index contributed by atoms with van der Waals surface area (Å²) in [6, 6.07) is 16.5. The largest absolute Gasteiger partial charge is 0.334 e. The molecule has 0 atom stereocenters. The second-order valence-electron chi connectivity index (χ2n) is 8.36. The lowest BCUT2D eigenvalue weighted by Crippen LogP contribution is -2.39. The van der Waals surface area contributed by atoms with Crippen LogP contribution >= 0.6 is 0 Å². The average molecular weight is 446 g/mol. The number of imide groups is 2. The fourth-order valence-corrected chi connectivity index (χ4v) is 4.22. The van der Waals surface area contributed by atoms with Crippen LogP contribution in [0.1, 0.15) is 43.2 Å². The highest BCUT2D eigenvalue weighted by Gasteiger charge is 2.44. The molecule has 2 aromatic rings. The Kier molecular flexibility index (Phi) is 6.98. The van der Waals surface area contributed by atoms with E-state index in [1.165, 1.54) is 5.57 Å². The van der Waals surface area contributed by atoms with Crippen molar-refractivity contribution in [2.45, 2.75) is 38.5 Å². The molecule has 0 saturated carbocycles. The van der Waals surface area contributed by atoms with Crippen molar-refractivity contribution in [3.8, 4) is 0 Å². The number of allylic oxidation sites excluding steroid dienone is 1. The number of nitrogens with one attached hydrogen (secondary N) is 1. The van der Waals surface area contributed by atoms with E-state index in [2.05, 4.69) is 11.4 Å². The van der Waals surface area contributed by atoms with Crippen LogP contribution in [0, 0.1) is 0 Å². The first-order chi connectivity index (χ1) is 16.0. The monoisotopic (exact) mass is 445 g/mol. The van der Waals surface area contributed by atoms with Gasteiger partial charge in [0.1, 0.15) is 6.54 Å². The molecule has 33 heavy (non-hydrogen) atoms. The van der Waals surface area contributed by atoms with Gasteiger partial charge in [0.05, 0.1) is 0 Å². The number of hydrogen-bond donors (Lipinski definition) is 1. The van der Waals surface area contributed by atoms with Gasteiger partial charge >= 0.3 is 17.8 Å². The summed E-state index contributed by atoms with van der Waals surface area (Å²) in [5.74, 6) is -2.35. The number of carbonyl (C=O) groups is 4. The van der Waals surface area contributed by atoms with Crippen LogP contribution in [0.3, 0.4) is 0 Å². The van der Waals surface area contributed by atoms with Crippen LogP contribution in [-0.2, 0) is 20.8 Å². The van der Waals surface area contributed by atoms with Gasteiger partial charge in [0.2, 0.25) is 5.91 Å². The summed E-state index contributed by atoms with van der Waals surface area (Å²) >= 11 is 0. The molecule has 0 bridgehead atoms. The number of anilines is 1. The summed E-state index contributed by atoms with van der Waals surface area (Å²) < 4.78 is 0. The van der Waals surface area contributed by atoms with Crippen LogP contribution in [0.5, 0.6) is 0 Å². The Morgan fingerprint density at radius 1 is 0.879 bits per heavy atom. The van der Waals surface area contributed by atoms with Gasteiger partial charge in [-0.1, -0.05) is 60.2 Å². The standard InChI is InChI=1S/C26H27N3O4/c30-23(27-22-14-8-7-13-21(22)17-20-11-5-2-6-12-20)18-29-25(32)24(31)28(26(29)33)16-15-19-9-3-1-4-10-19/h2,5-9,11-14H,1,3-4,10,15-18H2,(H,27,30). The number of urea groups is 1. The van der Waals surface area contributed by atoms with E-state index in [0.29, 0.717) is 18.5 Å². The molecular formula is C26H27N3O4. The lowest BCUT2D eigenvalue weighted by atomic mass is 9.97. The van der Waals surface area contributed by atoms with Gasteiger partial charge < -0.3 is 5.32 Å². The number of hydrogen-bond acceptors (Lipinski definition) is 4. The van der Waals surface area contributed by atoms with Crippen molar-refractivity contribution in [1.29, 1.82) is 0 Å². The highest BCUT2D eigenvalue weighted by atomic mass is 16.2. The van der Waals surface area contributed by atoms with Crippen LogP contribution in [0.25, 0.3) is 0 Å². The van der Waals surface area contributed by atoms with Crippen molar-refractivity contribution in [2.24, 2.45) is 0 Å². The van der Waals surface area contributed by atoms with E-state index in [4.69, 9.17) is 0 Å². The molecule has 1 aliphatic carbocycles. The quantitative estimate of drug-likeness (QED) is 0.379. The Balaban J connectivity index is 1.38. The number of carbonyl (C=O) groups excluding carboxylic acids is 4. The Morgan fingerprint density at radius 3 is 2.36 bits per heavy atom. The van der Waals surface area contributed by atoms with E-state index in [9.17, 15) is 19.2 Å². The smallest absolute Gasteiger partial charge is 0.324 e. The van der Waals surface area contributed by atoms with Gasteiger partial charge in [0.25, 0.3) is 0 Å². The predicted octanol–water partition coefficient (Wildman–Crippen LogP) is 3.90. The zero-order valence-corrected chi connectivity index (χ0v) is 18.5. The number of nitrogens with zero attached hydrogens (tertiary/aromatic N) is 2. The summed E-state index contributed by atoms with van der Waals surface area (Å²) in [6.45, 7) is -0.338. The van der Waals surface area contributed by atoms with Crippen LogP contribution in [0.4, 0.5) is 10.5 Å². The third-order valence-electron chi connectivity index (χ3n) is 6.01. The minimum absolute atomic E-state index is 0.160. The van der Waals surface area contributed by atoms with E-state index in [1.807, 2.05) is 48.5 Å². The maximum Gasteiger partial charge on any atom is 0.334 e. The molecule has 4 rings (SSSR count). The maximum absolute atomic E-state index is 12.7. The molecule has 0 radical (unpaired) electrons. The first kappa shape index (κ1) is 22.5. The summed E-state index contributed by atoms with van der Waals surface area (Å²) in [7, 11) is 0. The average Bonchev–Trinajstić information content (AvgIpc) is 3.03. The maximum atomic E-state index is 12.7. The van der Waals surface area contributed by atoms with Gasteiger partial charge in [0.15, 0.2) is 0 Å². The molecule has 5 amide bonds. The van der Waals surface area contributed by atoms with Crippen LogP contribution in [0.2, 0.25) is 0 Å². The number of amides is 5. The van der Waals surface area contributed by atoms with E-state index in [0.717, 1.165) is 46.6 Å². The van der Waals surface area contributed by atoms with Gasteiger partial charge in [-0.05, 0) is 55.7 Å². The molecule has 1 heterocycles. The SMILES string of the molecule is O=C(CN1C(=O)C(=O)N(CCC2=CCCCC2)C1=O)Nc1ccccc1Cc1ccccc1. The fourth-order valence-electron chi connectivity index (χ4n) is 4.22. The van der Waals surface area contributed by atoms with E-state index in [-0.39, 0.29) is 6.54 Å². The third kappa shape index (κ3) is 5.37. The fraction of sp³-hybridized carbons (Fsp3) is 0.308. The van der Waals surface area contributed by atoms with Gasteiger partial charge in [0, 0.05) is 12.2 Å². The zero-order chi connectivity index (χ0) is 23.2. The molecule has 7 heteroatoms. The first-order valence-corrected chi connectivity index (χ1v) is 11.3. The lowest BCUT2D eigenvalue weighted by Gasteiger charge is -2.18. The van der Waals surface area contributed by atoms with Crippen molar-refractivity contribution in [2.75, 3.05) is 18.4 Å². The minimum atomic E-state index is -0.953. The Bertz CT molecular complexity index is 1090. The number of rotatable bonds is 8. The van der Waals surface area contributed by atoms with Gasteiger partial charge in [-0.15, -0.1) is 0 Å². The molecule has 0 aromatic heterocycles. The molecule has 1 aliphatic heterocycles. The molecule has 2 aromatic carbocycles. The van der Waals surface area contributed by atoms with Crippen molar-refractivity contribution in [3.63, 3.8) is 0 Å². The first-order valence-electron chi connectivity index (χ1n) is 11.3. The molecule has 0 unspecified atom stereocenters. The Morgan fingerprint density at radius 2 is 1.61 bits per heavy atom. The zero-order valence-electron chi connectivity index (χ0n) is 18.5. The third-order valence-corrected chi connectivity index (χ3v) is 6.01. The minimum Gasteiger partial charge on any atom is -0.324 e. The highest BCUT2D eigenvalue weighted by Crippen LogP contribution is 2.23. The summed E-state index contributed by atoms with van der Waals surface area (Å²) in [4.78, 5) is 51.8. The van der Waals surface area contributed by atoms with E-state index in [1.54, 1.807) is 6.07 Å². The van der Waals surface area contributed by atoms with Crippen molar-refractivity contribution in [3.05, 3.63) is 77.4 Å². The van der Waals surface area contributed by atoms with Crippen molar-refractivity contribution >= 4 is 29.4 Å². The molecule has 0 spiro atoms. The molecule has 2 aliphatic rings. The predicted molar refractivity (Wildman–Crippen MR) is 124 cm³/mol. The van der Waals surface area contributed by atoms with Gasteiger partial charge in [-0.25, -0.2) is 9.69 Å².